The molecule has 1 aliphatic rings. The molecule has 13 nitrogen and oxygen atoms in total. The molecule has 0 bridgehead atoms. The number of halogens is 2. The van der Waals surface area contributed by atoms with E-state index in [4.69, 9.17) is 28.9 Å². The molecule has 1 aliphatic heterocycles. The predicted molar refractivity (Wildman–Crippen MR) is 140 cm³/mol. The number of aromatic nitrogens is 3. The van der Waals surface area contributed by atoms with Gasteiger partial charge in [-0.15, -0.1) is 0 Å². The number of hydrogen-bond donors (Lipinski definition) is 3. The van der Waals surface area contributed by atoms with Crippen LogP contribution in [0.25, 0.3) is 11.3 Å². The molecule has 3 heterocycles. The van der Waals surface area contributed by atoms with Gasteiger partial charge in [0.25, 0.3) is 0 Å². The fourth-order valence-electron chi connectivity index (χ4n) is 3.66. The number of carbonyl (C=O) groups is 2. The molecule has 0 aliphatic carbocycles. The van der Waals surface area contributed by atoms with Crippen LogP contribution in [0.15, 0.2) is 36.5 Å². The van der Waals surface area contributed by atoms with E-state index < -0.39 is 16.7 Å². The molecule has 0 radical (unpaired) electrons. The maximum absolute atomic E-state index is 12.7. The van der Waals surface area contributed by atoms with Gasteiger partial charge in [-0.1, -0.05) is 23.2 Å². The summed E-state index contributed by atoms with van der Waals surface area (Å²) in [5, 5.41) is 17.6. The first-order valence-corrected chi connectivity index (χ1v) is 11.6. The van der Waals surface area contributed by atoms with Gasteiger partial charge < -0.3 is 16.4 Å². The number of carbonyl (C=O) groups excluding carboxylic acids is 2. The first kappa shape index (κ1) is 26.0. The van der Waals surface area contributed by atoms with Crippen molar-refractivity contribution in [2.75, 3.05) is 54.5 Å². The van der Waals surface area contributed by atoms with Crippen LogP contribution in [0.5, 0.6) is 0 Å². The highest BCUT2D eigenvalue weighted by Crippen LogP contribution is 2.36. The van der Waals surface area contributed by atoms with Gasteiger partial charge in [-0.25, -0.2) is 19.9 Å². The van der Waals surface area contributed by atoms with E-state index in [1.807, 2.05) is 0 Å². The first-order valence-electron chi connectivity index (χ1n) is 10.9. The number of hydrogen-bond acceptors (Lipinski definition) is 11. The van der Waals surface area contributed by atoms with Crippen LogP contribution < -0.4 is 21.3 Å². The zero-order valence-electron chi connectivity index (χ0n) is 19.4. The van der Waals surface area contributed by atoms with Gasteiger partial charge in [-0.2, -0.15) is 0 Å². The summed E-state index contributed by atoms with van der Waals surface area (Å²) in [7, 11) is 1.68. The average Bonchev–Trinajstić information content (AvgIpc) is 2.82. The van der Waals surface area contributed by atoms with Crippen molar-refractivity contribution in [2.24, 2.45) is 0 Å². The van der Waals surface area contributed by atoms with Crippen LogP contribution in [0, 0.1) is 10.1 Å². The van der Waals surface area contributed by atoms with E-state index in [-0.39, 0.29) is 46.9 Å². The number of likely N-dealkylation sites (N-methyl/N-ethyl adjacent to an activating group) is 1. The fourth-order valence-corrected chi connectivity index (χ4v) is 4.15. The van der Waals surface area contributed by atoms with Crippen molar-refractivity contribution in [3.8, 4) is 11.3 Å². The summed E-state index contributed by atoms with van der Waals surface area (Å²) in [6.07, 6.45) is 1.39. The van der Waals surface area contributed by atoms with Gasteiger partial charge in [0.2, 0.25) is 23.6 Å². The molecule has 4 rings (SSSR count). The van der Waals surface area contributed by atoms with Crippen molar-refractivity contribution in [1.82, 2.24) is 19.9 Å². The molecule has 2 aromatic heterocycles. The zero-order chi connectivity index (χ0) is 26.7. The Hall–Kier alpha value is -4.07. The molecule has 37 heavy (non-hydrogen) atoms. The number of nitrogen functional groups attached to an aromatic ring is 1. The maximum Gasteiger partial charge on any atom is 0.311 e. The Morgan fingerprint density at radius 1 is 1.08 bits per heavy atom. The van der Waals surface area contributed by atoms with Gasteiger partial charge in [0.15, 0.2) is 0 Å². The van der Waals surface area contributed by atoms with Crippen molar-refractivity contribution in [3.05, 3.63) is 56.7 Å². The number of rotatable bonds is 8. The van der Waals surface area contributed by atoms with Crippen molar-refractivity contribution in [2.45, 2.75) is 0 Å². The lowest BCUT2D eigenvalue weighted by Gasteiger charge is -2.31. The molecule has 0 unspecified atom stereocenters. The summed E-state index contributed by atoms with van der Waals surface area (Å²) in [5.74, 6) is -0.431. The standard InChI is InChI=1S/C22H21Cl2N9O4/c1-31-10-18(34)32(19(35)11-31)16-9-28-22(30-20(16)13-3-2-12(23)8-14(13)24)27-7-6-26-17-5-4-15(33(36)37)21(25)29-17/h2-5,8-9H,6-7,10-11H2,1H3,(H3,25,26,29)(H,27,28,30). The summed E-state index contributed by atoms with van der Waals surface area (Å²) in [5.41, 5.74) is 6.29. The van der Waals surface area contributed by atoms with E-state index in [0.29, 0.717) is 29.5 Å². The highest BCUT2D eigenvalue weighted by molar-refractivity contribution is 6.36. The Bertz CT molecular complexity index is 1370. The molecule has 3 aromatic rings. The third-order valence-corrected chi connectivity index (χ3v) is 5.87. The summed E-state index contributed by atoms with van der Waals surface area (Å²) in [6.45, 7) is 0.804. The normalized spacial score (nSPS) is 14.1. The van der Waals surface area contributed by atoms with Gasteiger partial charge in [-0.3, -0.25) is 24.6 Å². The molecule has 1 aromatic carbocycles. The van der Waals surface area contributed by atoms with Crippen LogP contribution in [-0.4, -0.2) is 69.8 Å². The lowest BCUT2D eigenvalue weighted by atomic mass is 10.1. The number of amides is 2. The highest BCUT2D eigenvalue weighted by Gasteiger charge is 2.33. The molecule has 0 spiro atoms. The third kappa shape index (κ3) is 5.85. The van der Waals surface area contributed by atoms with Crippen LogP contribution in [0.1, 0.15) is 0 Å². The number of nitrogens with two attached hydrogens (primary N) is 1. The number of benzene rings is 1. The highest BCUT2D eigenvalue weighted by atomic mass is 35.5. The topological polar surface area (TPSA) is 173 Å². The minimum atomic E-state index is -0.609. The number of piperazine rings is 1. The van der Waals surface area contributed by atoms with Crippen molar-refractivity contribution >= 4 is 64.0 Å². The molecule has 0 saturated carbocycles. The number of nitrogens with one attached hydrogen (secondary N) is 2. The molecule has 192 valence electrons. The zero-order valence-corrected chi connectivity index (χ0v) is 21.0. The Morgan fingerprint density at radius 3 is 2.43 bits per heavy atom. The Morgan fingerprint density at radius 2 is 1.78 bits per heavy atom. The molecule has 0 atom stereocenters. The third-order valence-electron chi connectivity index (χ3n) is 5.32. The lowest BCUT2D eigenvalue weighted by molar-refractivity contribution is -0.384. The summed E-state index contributed by atoms with van der Waals surface area (Å²) < 4.78 is 0. The molecule has 1 saturated heterocycles. The van der Waals surface area contributed by atoms with Crippen LogP contribution >= 0.6 is 23.2 Å². The molecular formula is C22H21Cl2N9O4. The van der Waals surface area contributed by atoms with Gasteiger partial charge in [0.1, 0.15) is 11.5 Å². The summed E-state index contributed by atoms with van der Waals surface area (Å²) in [6, 6.07) is 7.53. The van der Waals surface area contributed by atoms with Gasteiger partial charge in [0, 0.05) is 29.7 Å². The number of nitrogens with zero attached hydrogens (tertiary/aromatic N) is 6. The second-order valence-corrected chi connectivity index (χ2v) is 8.90. The quantitative estimate of drug-likeness (QED) is 0.164. The van der Waals surface area contributed by atoms with E-state index >= 15 is 0 Å². The fraction of sp³-hybridized carbons (Fsp3) is 0.227. The Kier molecular flexibility index (Phi) is 7.66. The molecule has 2 amide bonds. The molecule has 4 N–H and O–H groups in total. The van der Waals surface area contributed by atoms with E-state index in [2.05, 4.69) is 25.6 Å². The minimum absolute atomic E-state index is 0.0619. The lowest BCUT2D eigenvalue weighted by Crippen LogP contribution is -2.53. The number of imide groups is 1. The average molecular weight is 546 g/mol. The molecule has 15 heteroatoms. The molecule has 1 fully saturated rings. The Balaban J connectivity index is 1.55. The minimum Gasteiger partial charge on any atom is -0.378 e. The van der Waals surface area contributed by atoms with Gasteiger partial charge in [-0.05, 0) is 31.3 Å². The number of nitro groups is 1. The van der Waals surface area contributed by atoms with Crippen molar-refractivity contribution in [3.63, 3.8) is 0 Å². The summed E-state index contributed by atoms with van der Waals surface area (Å²) in [4.78, 5) is 51.2. The van der Waals surface area contributed by atoms with E-state index in [1.165, 1.54) is 24.4 Å². The predicted octanol–water partition coefficient (Wildman–Crippen LogP) is 2.66. The van der Waals surface area contributed by atoms with Crippen LogP contribution in [-0.2, 0) is 9.59 Å². The van der Waals surface area contributed by atoms with Crippen LogP contribution in [0.2, 0.25) is 10.0 Å². The largest absolute Gasteiger partial charge is 0.378 e. The van der Waals surface area contributed by atoms with E-state index in [1.54, 1.807) is 24.1 Å². The van der Waals surface area contributed by atoms with Gasteiger partial charge in [0.05, 0.1) is 34.9 Å². The first-order chi connectivity index (χ1) is 17.6. The number of pyridine rings is 1. The maximum atomic E-state index is 12.7. The molecular weight excluding hydrogens is 525 g/mol. The SMILES string of the molecule is CN1CC(=O)N(c2cnc(NCCNc3ccc([N+](=O)[O-])c(N)n3)nc2-c2ccc(Cl)cc2Cl)C(=O)C1. The second kappa shape index (κ2) is 10.9. The van der Waals surface area contributed by atoms with Crippen molar-refractivity contribution < 1.29 is 14.5 Å². The van der Waals surface area contributed by atoms with Crippen LogP contribution in [0.3, 0.4) is 0 Å². The monoisotopic (exact) mass is 545 g/mol. The smallest absolute Gasteiger partial charge is 0.311 e. The van der Waals surface area contributed by atoms with E-state index in [9.17, 15) is 19.7 Å². The van der Waals surface area contributed by atoms with Crippen LogP contribution in [0.4, 0.5) is 29.0 Å². The number of anilines is 4. The van der Waals surface area contributed by atoms with Crippen molar-refractivity contribution in [1.29, 1.82) is 0 Å². The van der Waals surface area contributed by atoms with Gasteiger partial charge >= 0.3 is 5.69 Å². The second-order valence-electron chi connectivity index (χ2n) is 8.06. The summed E-state index contributed by atoms with van der Waals surface area (Å²) >= 11 is 12.5. The van der Waals surface area contributed by atoms with E-state index in [0.717, 1.165) is 4.90 Å². The Labute approximate surface area is 220 Å².